The summed E-state index contributed by atoms with van der Waals surface area (Å²) in [5.41, 5.74) is 1.49. The standard InChI is InChI=1S/C14H15N3O2/c1-10-8-13(18)12(9-17-10)14(19)16-7-5-11-4-2-3-6-15-11/h2-4,6,8-9H,5,7H2,1H3,(H,16,19)(H,17,18). The van der Waals surface area contributed by atoms with Gasteiger partial charge in [-0.2, -0.15) is 0 Å². The smallest absolute Gasteiger partial charge is 0.256 e. The van der Waals surface area contributed by atoms with Gasteiger partial charge in [0, 0.05) is 42.8 Å². The number of rotatable bonds is 4. The molecule has 2 N–H and O–H groups in total. The second-order valence-corrected chi connectivity index (χ2v) is 4.22. The Morgan fingerprint density at radius 1 is 1.42 bits per heavy atom. The van der Waals surface area contributed by atoms with Crippen LogP contribution in [-0.2, 0) is 6.42 Å². The van der Waals surface area contributed by atoms with Crippen molar-refractivity contribution in [1.29, 1.82) is 0 Å². The molecule has 0 aliphatic carbocycles. The fourth-order valence-electron chi connectivity index (χ4n) is 1.70. The zero-order chi connectivity index (χ0) is 13.7. The van der Waals surface area contributed by atoms with Gasteiger partial charge in [-0.1, -0.05) is 6.07 Å². The number of nitrogens with zero attached hydrogens (tertiary/aromatic N) is 1. The molecular formula is C14H15N3O2. The van der Waals surface area contributed by atoms with E-state index in [4.69, 9.17) is 0 Å². The summed E-state index contributed by atoms with van der Waals surface area (Å²) < 4.78 is 0. The summed E-state index contributed by atoms with van der Waals surface area (Å²) in [5.74, 6) is -0.364. The van der Waals surface area contributed by atoms with Gasteiger partial charge in [0.1, 0.15) is 5.56 Å². The van der Waals surface area contributed by atoms with E-state index < -0.39 is 0 Å². The summed E-state index contributed by atoms with van der Waals surface area (Å²) in [5, 5.41) is 2.71. The third-order valence-corrected chi connectivity index (χ3v) is 2.69. The molecule has 0 radical (unpaired) electrons. The maximum atomic E-state index is 11.8. The van der Waals surface area contributed by atoms with Crippen LogP contribution in [0.15, 0.2) is 41.5 Å². The van der Waals surface area contributed by atoms with Crippen LogP contribution in [0.1, 0.15) is 21.7 Å². The lowest BCUT2D eigenvalue weighted by Crippen LogP contribution is -2.30. The topological polar surface area (TPSA) is 74.8 Å². The molecule has 0 unspecified atom stereocenters. The largest absolute Gasteiger partial charge is 0.364 e. The molecule has 0 saturated carbocycles. The Labute approximate surface area is 110 Å². The van der Waals surface area contributed by atoms with Crippen molar-refractivity contribution in [2.45, 2.75) is 13.3 Å². The van der Waals surface area contributed by atoms with Crippen LogP contribution in [-0.4, -0.2) is 22.4 Å². The molecular weight excluding hydrogens is 242 g/mol. The van der Waals surface area contributed by atoms with Crippen LogP contribution in [0.4, 0.5) is 0 Å². The predicted molar refractivity (Wildman–Crippen MR) is 72.1 cm³/mol. The lowest BCUT2D eigenvalue weighted by Gasteiger charge is -2.04. The van der Waals surface area contributed by atoms with Crippen LogP contribution in [0.2, 0.25) is 0 Å². The Hall–Kier alpha value is -2.43. The molecule has 2 rings (SSSR count). The summed E-state index contributed by atoms with van der Waals surface area (Å²) in [6.07, 6.45) is 3.78. The molecule has 0 atom stereocenters. The number of hydrogen-bond donors (Lipinski definition) is 2. The van der Waals surface area contributed by atoms with E-state index in [1.807, 2.05) is 18.2 Å². The second-order valence-electron chi connectivity index (χ2n) is 4.22. The lowest BCUT2D eigenvalue weighted by molar-refractivity contribution is 0.0952. The van der Waals surface area contributed by atoms with Crippen molar-refractivity contribution in [1.82, 2.24) is 15.3 Å². The second kappa shape index (κ2) is 5.95. The number of carbonyl (C=O) groups excluding carboxylic acids is 1. The van der Waals surface area contributed by atoms with Crippen LogP contribution >= 0.6 is 0 Å². The number of aromatic amines is 1. The summed E-state index contributed by atoms with van der Waals surface area (Å²) in [7, 11) is 0. The molecule has 0 saturated heterocycles. The van der Waals surface area contributed by atoms with Gasteiger partial charge in [-0.3, -0.25) is 14.6 Å². The first-order valence-corrected chi connectivity index (χ1v) is 6.04. The molecule has 0 fully saturated rings. The molecule has 0 bridgehead atoms. The summed E-state index contributed by atoms with van der Waals surface area (Å²) >= 11 is 0. The van der Waals surface area contributed by atoms with Gasteiger partial charge < -0.3 is 10.3 Å². The monoisotopic (exact) mass is 257 g/mol. The van der Waals surface area contributed by atoms with Crippen molar-refractivity contribution >= 4 is 5.91 Å². The van der Waals surface area contributed by atoms with E-state index in [0.717, 1.165) is 11.4 Å². The van der Waals surface area contributed by atoms with Crippen molar-refractivity contribution in [3.63, 3.8) is 0 Å². The zero-order valence-corrected chi connectivity index (χ0v) is 10.6. The molecule has 0 aromatic carbocycles. The van der Waals surface area contributed by atoms with Gasteiger partial charge in [0.2, 0.25) is 0 Å². The number of H-pyrrole nitrogens is 1. The third-order valence-electron chi connectivity index (χ3n) is 2.69. The molecule has 0 aliphatic heterocycles. The molecule has 19 heavy (non-hydrogen) atoms. The first-order chi connectivity index (χ1) is 9.16. The van der Waals surface area contributed by atoms with Crippen LogP contribution in [0.3, 0.4) is 0 Å². The molecule has 1 amide bonds. The Bertz CT molecular complexity index is 620. The van der Waals surface area contributed by atoms with E-state index in [9.17, 15) is 9.59 Å². The third kappa shape index (κ3) is 3.51. The highest BCUT2D eigenvalue weighted by Crippen LogP contribution is 1.95. The van der Waals surface area contributed by atoms with Gasteiger partial charge in [0.05, 0.1) is 0 Å². The van der Waals surface area contributed by atoms with Gasteiger partial charge in [0.25, 0.3) is 5.91 Å². The van der Waals surface area contributed by atoms with Gasteiger partial charge in [0.15, 0.2) is 5.43 Å². The SMILES string of the molecule is Cc1cc(=O)c(C(=O)NCCc2ccccn2)c[nH]1. The first kappa shape index (κ1) is 13.0. The van der Waals surface area contributed by atoms with Crippen LogP contribution in [0.5, 0.6) is 0 Å². The molecule has 2 heterocycles. The predicted octanol–water partition coefficient (Wildman–Crippen LogP) is 1.05. The van der Waals surface area contributed by atoms with Gasteiger partial charge in [-0.05, 0) is 19.1 Å². The van der Waals surface area contributed by atoms with Crippen LogP contribution in [0.25, 0.3) is 0 Å². The van der Waals surface area contributed by atoms with E-state index in [-0.39, 0.29) is 16.9 Å². The quantitative estimate of drug-likeness (QED) is 0.859. The Morgan fingerprint density at radius 3 is 2.95 bits per heavy atom. The van der Waals surface area contributed by atoms with Gasteiger partial charge in [-0.15, -0.1) is 0 Å². The highest BCUT2D eigenvalue weighted by atomic mass is 16.2. The van der Waals surface area contributed by atoms with Crippen LogP contribution in [0, 0.1) is 6.92 Å². The minimum Gasteiger partial charge on any atom is -0.364 e. The Balaban J connectivity index is 1.93. The van der Waals surface area contributed by atoms with Crippen molar-refractivity contribution in [2.75, 3.05) is 6.54 Å². The molecule has 2 aromatic rings. The van der Waals surface area contributed by atoms with E-state index in [0.29, 0.717) is 13.0 Å². The maximum Gasteiger partial charge on any atom is 0.256 e. The number of nitrogens with one attached hydrogen (secondary N) is 2. The summed E-state index contributed by atoms with van der Waals surface area (Å²) in [6, 6.07) is 7.04. The van der Waals surface area contributed by atoms with E-state index in [1.165, 1.54) is 12.3 Å². The normalized spacial score (nSPS) is 10.2. The molecule has 98 valence electrons. The van der Waals surface area contributed by atoms with Crippen LogP contribution < -0.4 is 10.7 Å². The first-order valence-electron chi connectivity index (χ1n) is 6.04. The molecule has 0 aliphatic rings. The summed E-state index contributed by atoms with van der Waals surface area (Å²) in [4.78, 5) is 30.5. The number of aryl methyl sites for hydroxylation is 1. The Morgan fingerprint density at radius 2 is 2.26 bits per heavy atom. The van der Waals surface area contributed by atoms with Gasteiger partial charge >= 0.3 is 0 Å². The zero-order valence-electron chi connectivity index (χ0n) is 10.6. The molecule has 0 spiro atoms. The number of amides is 1. The number of carbonyl (C=O) groups is 1. The summed E-state index contributed by atoms with van der Waals surface area (Å²) in [6.45, 7) is 2.22. The molecule has 5 nitrogen and oxygen atoms in total. The lowest BCUT2D eigenvalue weighted by atomic mass is 10.2. The van der Waals surface area contributed by atoms with Gasteiger partial charge in [-0.25, -0.2) is 0 Å². The van der Waals surface area contributed by atoms with E-state index in [2.05, 4.69) is 15.3 Å². The number of aromatic nitrogens is 2. The fourth-order valence-corrected chi connectivity index (χ4v) is 1.70. The van der Waals surface area contributed by atoms with Crippen molar-refractivity contribution in [3.8, 4) is 0 Å². The van der Waals surface area contributed by atoms with E-state index >= 15 is 0 Å². The minimum atomic E-state index is -0.364. The average Bonchev–Trinajstić information content (AvgIpc) is 2.39. The highest BCUT2D eigenvalue weighted by Gasteiger charge is 2.09. The maximum absolute atomic E-state index is 11.8. The Kier molecular flexibility index (Phi) is 4.07. The highest BCUT2D eigenvalue weighted by molar-refractivity contribution is 5.93. The fraction of sp³-hybridized carbons (Fsp3) is 0.214. The van der Waals surface area contributed by atoms with Crippen molar-refractivity contribution in [3.05, 3.63) is 63.8 Å². The molecule has 2 aromatic heterocycles. The average molecular weight is 257 g/mol. The number of pyridine rings is 2. The molecule has 5 heteroatoms. The minimum absolute atomic E-state index is 0.131. The van der Waals surface area contributed by atoms with E-state index in [1.54, 1.807) is 13.1 Å². The number of hydrogen-bond acceptors (Lipinski definition) is 3. The van der Waals surface area contributed by atoms with Crippen molar-refractivity contribution < 1.29 is 4.79 Å². The van der Waals surface area contributed by atoms with Crippen molar-refractivity contribution in [2.24, 2.45) is 0 Å².